The van der Waals surface area contributed by atoms with Gasteiger partial charge in [-0.2, -0.15) is 0 Å². The van der Waals surface area contributed by atoms with Crippen LogP contribution in [0.25, 0.3) is 0 Å². The van der Waals surface area contributed by atoms with Crippen molar-refractivity contribution in [2.45, 2.75) is 32.4 Å². The number of piperidine rings is 1. The number of hydrogen-bond acceptors (Lipinski definition) is 5. The Kier molecular flexibility index (Phi) is 5.19. The fraction of sp³-hybridized carbons (Fsp3) is 0.438. The Morgan fingerprint density at radius 3 is 2.83 bits per heavy atom. The van der Waals surface area contributed by atoms with Crippen molar-refractivity contribution in [1.29, 1.82) is 0 Å². The van der Waals surface area contributed by atoms with Crippen molar-refractivity contribution in [2.24, 2.45) is 0 Å². The minimum Gasteiger partial charge on any atom is -0.335 e. The van der Waals surface area contributed by atoms with Crippen LogP contribution in [0.4, 0.5) is 9.93 Å². The van der Waals surface area contributed by atoms with Crippen molar-refractivity contribution < 1.29 is 4.79 Å². The van der Waals surface area contributed by atoms with Gasteiger partial charge in [0.05, 0.1) is 0 Å². The largest absolute Gasteiger partial charge is 0.335 e. The topological polar surface area (TPSA) is 70.2 Å². The molecule has 3 rings (SSSR count). The van der Waals surface area contributed by atoms with E-state index in [0.29, 0.717) is 5.13 Å². The average Bonchev–Trinajstić information content (AvgIpc) is 3.04. The van der Waals surface area contributed by atoms with Gasteiger partial charge < -0.3 is 5.32 Å². The molecule has 122 valence electrons. The lowest BCUT2D eigenvalue weighted by Gasteiger charge is -2.32. The third kappa shape index (κ3) is 4.49. The van der Waals surface area contributed by atoms with E-state index in [4.69, 9.17) is 0 Å². The van der Waals surface area contributed by atoms with Gasteiger partial charge in [0.2, 0.25) is 5.13 Å². The predicted molar refractivity (Wildman–Crippen MR) is 91.5 cm³/mol. The number of likely N-dealkylation sites (tertiary alicyclic amines) is 1. The molecule has 2 amide bonds. The summed E-state index contributed by atoms with van der Waals surface area (Å²) in [5.74, 6) is 0. The number of hydrogen-bond donors (Lipinski definition) is 2. The first-order valence-electron chi connectivity index (χ1n) is 7.81. The summed E-state index contributed by atoms with van der Waals surface area (Å²) in [6, 6.07) is 8.53. The molecule has 1 aliphatic heterocycles. The molecule has 1 aromatic heterocycles. The number of carbonyl (C=O) groups excluding carboxylic acids is 1. The molecule has 1 aliphatic rings. The van der Waals surface area contributed by atoms with Crippen LogP contribution in [0.3, 0.4) is 0 Å². The number of anilines is 1. The van der Waals surface area contributed by atoms with Crippen molar-refractivity contribution in [3.8, 4) is 0 Å². The summed E-state index contributed by atoms with van der Waals surface area (Å²) in [5, 5.41) is 13.8. The van der Waals surface area contributed by atoms with Crippen LogP contribution >= 0.6 is 11.3 Å². The predicted octanol–water partition coefficient (Wildman–Crippen LogP) is 2.63. The first-order valence-corrected chi connectivity index (χ1v) is 8.69. The Bertz CT molecular complexity index is 638. The molecule has 0 unspecified atom stereocenters. The molecule has 2 heterocycles. The number of aromatic nitrogens is 2. The molecule has 0 bridgehead atoms. The fourth-order valence-electron chi connectivity index (χ4n) is 2.81. The zero-order chi connectivity index (χ0) is 16.1. The van der Waals surface area contributed by atoms with Gasteiger partial charge in [0, 0.05) is 25.7 Å². The number of carbonyl (C=O) groups is 1. The summed E-state index contributed by atoms with van der Waals surface area (Å²) >= 11 is 1.31. The second-order valence-corrected chi connectivity index (χ2v) is 6.65. The molecule has 1 aromatic carbocycles. The summed E-state index contributed by atoms with van der Waals surface area (Å²) in [7, 11) is 0. The molecule has 0 radical (unpaired) electrons. The van der Waals surface area contributed by atoms with Crippen molar-refractivity contribution in [3.05, 3.63) is 40.9 Å². The van der Waals surface area contributed by atoms with E-state index in [2.05, 4.69) is 56.9 Å². The summed E-state index contributed by atoms with van der Waals surface area (Å²) in [4.78, 5) is 14.3. The quantitative estimate of drug-likeness (QED) is 0.903. The summed E-state index contributed by atoms with van der Waals surface area (Å²) in [5.41, 5.74) is 4.32. The van der Waals surface area contributed by atoms with Crippen molar-refractivity contribution in [1.82, 2.24) is 20.4 Å². The Morgan fingerprint density at radius 1 is 1.35 bits per heavy atom. The monoisotopic (exact) mass is 331 g/mol. The number of rotatable bonds is 4. The van der Waals surface area contributed by atoms with Crippen LogP contribution in [0.2, 0.25) is 0 Å². The van der Waals surface area contributed by atoms with Gasteiger partial charge in [-0.1, -0.05) is 35.6 Å². The van der Waals surface area contributed by atoms with Gasteiger partial charge in [-0.25, -0.2) is 4.79 Å². The minimum absolute atomic E-state index is 0.195. The number of benzene rings is 1. The van der Waals surface area contributed by atoms with E-state index in [9.17, 15) is 4.79 Å². The Balaban J connectivity index is 1.43. The van der Waals surface area contributed by atoms with Crippen molar-refractivity contribution in [2.75, 3.05) is 18.4 Å². The molecule has 6 nitrogen and oxygen atoms in total. The van der Waals surface area contributed by atoms with Crippen LogP contribution in [0.15, 0.2) is 29.8 Å². The number of nitrogens with one attached hydrogen (secondary N) is 2. The molecule has 0 saturated carbocycles. The van der Waals surface area contributed by atoms with E-state index in [1.54, 1.807) is 5.51 Å². The van der Waals surface area contributed by atoms with Gasteiger partial charge >= 0.3 is 6.03 Å². The maximum Gasteiger partial charge on any atom is 0.321 e. The third-order valence-corrected chi connectivity index (χ3v) is 4.77. The van der Waals surface area contributed by atoms with Crippen LogP contribution in [-0.2, 0) is 6.54 Å². The maximum atomic E-state index is 11.9. The third-order valence-electron chi connectivity index (χ3n) is 4.16. The zero-order valence-corrected chi connectivity index (χ0v) is 14.0. The van der Waals surface area contributed by atoms with Gasteiger partial charge in [-0.15, -0.1) is 10.2 Å². The average molecular weight is 331 g/mol. The standard InChI is InChI=1S/C16H21N5OS/c1-12-4-2-3-5-13(12)10-21-8-6-14(7-9-21)18-15(22)19-16-20-17-11-23-16/h2-5,11,14H,6-10H2,1H3,(H2,18,19,20,22). The molecule has 1 saturated heterocycles. The van der Waals surface area contributed by atoms with Crippen molar-refractivity contribution >= 4 is 22.5 Å². The first kappa shape index (κ1) is 15.9. The molecule has 1 fully saturated rings. The molecular weight excluding hydrogens is 310 g/mol. The highest BCUT2D eigenvalue weighted by atomic mass is 32.1. The van der Waals surface area contributed by atoms with Crippen LogP contribution in [0.1, 0.15) is 24.0 Å². The molecule has 2 N–H and O–H groups in total. The number of urea groups is 1. The Morgan fingerprint density at radius 2 is 2.13 bits per heavy atom. The summed E-state index contributed by atoms with van der Waals surface area (Å²) in [6.45, 7) is 5.13. The lowest BCUT2D eigenvalue weighted by atomic mass is 10.0. The van der Waals surface area contributed by atoms with Gasteiger partial charge in [0.25, 0.3) is 0 Å². The SMILES string of the molecule is Cc1ccccc1CN1CCC(NC(=O)Nc2nncs2)CC1. The molecule has 7 heteroatoms. The zero-order valence-electron chi connectivity index (χ0n) is 13.2. The van der Waals surface area contributed by atoms with Gasteiger partial charge in [-0.3, -0.25) is 10.2 Å². The highest BCUT2D eigenvalue weighted by Gasteiger charge is 2.21. The van der Waals surface area contributed by atoms with E-state index < -0.39 is 0 Å². The highest BCUT2D eigenvalue weighted by Crippen LogP contribution is 2.16. The molecule has 2 aromatic rings. The highest BCUT2D eigenvalue weighted by molar-refractivity contribution is 7.13. The molecular formula is C16H21N5OS. The normalized spacial score (nSPS) is 16.2. The van der Waals surface area contributed by atoms with Crippen LogP contribution in [0.5, 0.6) is 0 Å². The number of amides is 2. The van der Waals surface area contributed by atoms with E-state index in [1.165, 1.54) is 22.5 Å². The Hall–Kier alpha value is -1.99. The second-order valence-electron chi connectivity index (χ2n) is 5.82. The lowest BCUT2D eigenvalue weighted by Crippen LogP contribution is -2.45. The summed E-state index contributed by atoms with van der Waals surface area (Å²) in [6.07, 6.45) is 1.94. The Labute approximate surface area is 139 Å². The van der Waals surface area contributed by atoms with E-state index >= 15 is 0 Å². The smallest absolute Gasteiger partial charge is 0.321 e. The second kappa shape index (κ2) is 7.52. The van der Waals surface area contributed by atoms with E-state index in [-0.39, 0.29) is 12.1 Å². The molecule has 0 spiro atoms. The molecule has 0 aliphatic carbocycles. The van der Waals surface area contributed by atoms with Crippen LogP contribution < -0.4 is 10.6 Å². The van der Waals surface area contributed by atoms with E-state index in [1.807, 2.05) is 0 Å². The van der Waals surface area contributed by atoms with Crippen LogP contribution in [-0.4, -0.2) is 40.3 Å². The fourth-order valence-corrected chi connectivity index (χ4v) is 3.25. The minimum atomic E-state index is -0.195. The first-order chi connectivity index (χ1) is 11.2. The molecule has 23 heavy (non-hydrogen) atoms. The van der Waals surface area contributed by atoms with Crippen molar-refractivity contribution in [3.63, 3.8) is 0 Å². The van der Waals surface area contributed by atoms with Gasteiger partial charge in [0.1, 0.15) is 5.51 Å². The number of nitrogens with zero attached hydrogens (tertiary/aromatic N) is 3. The van der Waals surface area contributed by atoms with Crippen LogP contribution in [0, 0.1) is 6.92 Å². The summed E-state index contributed by atoms with van der Waals surface area (Å²) < 4.78 is 0. The van der Waals surface area contributed by atoms with Gasteiger partial charge in [-0.05, 0) is 30.9 Å². The lowest BCUT2D eigenvalue weighted by molar-refractivity contribution is 0.189. The molecule has 0 atom stereocenters. The number of aryl methyl sites for hydroxylation is 1. The van der Waals surface area contributed by atoms with Gasteiger partial charge in [0.15, 0.2) is 0 Å². The maximum absolute atomic E-state index is 11.9. The van der Waals surface area contributed by atoms with E-state index in [0.717, 1.165) is 32.5 Å².